The van der Waals surface area contributed by atoms with Gasteiger partial charge >= 0.3 is 5.97 Å². The Morgan fingerprint density at radius 3 is 2.41 bits per heavy atom. The van der Waals surface area contributed by atoms with E-state index in [4.69, 9.17) is 20.0 Å². The summed E-state index contributed by atoms with van der Waals surface area (Å²) in [5.74, 6) is -1.05. The van der Waals surface area contributed by atoms with Crippen LogP contribution in [0.3, 0.4) is 0 Å². The number of amides is 2. The van der Waals surface area contributed by atoms with Crippen LogP contribution in [0.25, 0.3) is 5.82 Å². The third-order valence-electron chi connectivity index (χ3n) is 5.36. The highest BCUT2D eigenvalue weighted by molar-refractivity contribution is 6.20. The molecule has 1 aliphatic heterocycles. The smallest absolute Gasteiger partial charge is 0.342 e. The number of aryl methyl sites for hydroxylation is 1. The third kappa shape index (κ3) is 6.19. The highest BCUT2D eigenvalue weighted by Crippen LogP contribution is 2.24. The van der Waals surface area contributed by atoms with Crippen LogP contribution in [0, 0.1) is 0 Å². The fourth-order valence-corrected chi connectivity index (χ4v) is 3.62. The highest BCUT2D eigenvalue weighted by atomic mass is 16.7. The molecular formula is C26H30N5O6+. The molecule has 0 fully saturated rings. The number of rotatable bonds is 10. The van der Waals surface area contributed by atoms with Gasteiger partial charge < -0.3 is 15.2 Å². The monoisotopic (exact) mass is 508 g/mol. The molecule has 2 N–H and O–H groups in total. The van der Waals surface area contributed by atoms with E-state index in [1.807, 2.05) is 27.9 Å². The first-order chi connectivity index (χ1) is 17.7. The zero-order chi connectivity index (χ0) is 26.6. The van der Waals surface area contributed by atoms with Crippen LogP contribution in [-0.2, 0) is 20.9 Å². The Hall–Kier alpha value is -4.09. The van der Waals surface area contributed by atoms with E-state index in [1.54, 1.807) is 45.0 Å². The second-order valence-corrected chi connectivity index (χ2v) is 9.44. The highest BCUT2D eigenvalue weighted by Gasteiger charge is 2.40. The lowest BCUT2D eigenvalue weighted by Gasteiger charge is -2.25. The molecule has 11 nitrogen and oxygen atoms in total. The molecule has 1 aliphatic rings. The van der Waals surface area contributed by atoms with Crippen LogP contribution in [0.4, 0.5) is 0 Å². The lowest BCUT2D eigenvalue weighted by atomic mass is 10.1. The maximum atomic E-state index is 12.9. The van der Waals surface area contributed by atoms with E-state index in [0.717, 1.165) is 13.0 Å². The van der Waals surface area contributed by atoms with E-state index < -0.39 is 29.5 Å². The van der Waals surface area contributed by atoms with Crippen molar-refractivity contribution in [1.82, 2.24) is 14.6 Å². The topological polar surface area (TPSA) is 130 Å². The summed E-state index contributed by atoms with van der Waals surface area (Å²) in [5.41, 5.74) is 5.15. The van der Waals surface area contributed by atoms with Crippen molar-refractivity contribution in [3.05, 3.63) is 72.4 Å². The van der Waals surface area contributed by atoms with Crippen LogP contribution in [0.2, 0.25) is 0 Å². The van der Waals surface area contributed by atoms with Gasteiger partial charge in [0, 0.05) is 6.07 Å². The second-order valence-electron chi connectivity index (χ2n) is 9.44. The number of imide groups is 1. The molecule has 194 valence electrons. The van der Waals surface area contributed by atoms with Gasteiger partial charge in [-0.2, -0.15) is 4.57 Å². The average Bonchev–Trinajstić information content (AvgIpc) is 3.43. The molecule has 0 saturated carbocycles. The number of benzene rings is 1. The van der Waals surface area contributed by atoms with Crippen LogP contribution >= 0.6 is 0 Å². The van der Waals surface area contributed by atoms with Crippen molar-refractivity contribution in [3.63, 3.8) is 0 Å². The molecule has 0 radical (unpaired) electrons. The number of pyridine rings is 1. The van der Waals surface area contributed by atoms with Crippen molar-refractivity contribution < 1.29 is 33.3 Å². The fraction of sp³-hybridized carbons (Fsp3) is 0.346. The van der Waals surface area contributed by atoms with E-state index >= 15 is 0 Å². The van der Waals surface area contributed by atoms with Crippen LogP contribution in [0.1, 0.15) is 47.9 Å². The van der Waals surface area contributed by atoms with Crippen LogP contribution in [0.5, 0.6) is 5.75 Å². The average molecular weight is 509 g/mol. The van der Waals surface area contributed by atoms with Gasteiger partial charge in [0.1, 0.15) is 30.4 Å². The predicted octanol–water partition coefficient (Wildman–Crippen LogP) is 1.83. The molecule has 37 heavy (non-hydrogen) atoms. The Balaban J connectivity index is 1.45. The molecule has 0 spiro atoms. The SMILES string of the molecule is CC(C)(C)OC(=O)C(COc1ccc(-n2cc[n+](CCCN)c2)nc1)ON1C(=O)c2ccccc2C1=O. The number of imidazole rings is 1. The van der Waals surface area contributed by atoms with E-state index in [9.17, 15) is 14.4 Å². The van der Waals surface area contributed by atoms with Gasteiger partial charge in [-0.3, -0.25) is 9.59 Å². The van der Waals surface area contributed by atoms with Gasteiger partial charge in [-0.1, -0.05) is 12.1 Å². The molecule has 0 saturated heterocycles. The summed E-state index contributed by atoms with van der Waals surface area (Å²) in [4.78, 5) is 48.3. The van der Waals surface area contributed by atoms with Gasteiger partial charge in [0.15, 0.2) is 0 Å². The lowest BCUT2D eigenvalue weighted by Crippen LogP contribution is -2.43. The van der Waals surface area contributed by atoms with E-state index in [1.165, 1.54) is 18.3 Å². The molecule has 11 heteroatoms. The summed E-state index contributed by atoms with van der Waals surface area (Å²) in [7, 11) is 0. The zero-order valence-electron chi connectivity index (χ0n) is 21.0. The molecule has 1 unspecified atom stereocenters. The first kappa shape index (κ1) is 26.0. The van der Waals surface area contributed by atoms with Crippen LogP contribution in [0.15, 0.2) is 61.3 Å². The molecule has 1 atom stereocenters. The molecule has 1 aromatic carbocycles. The largest absolute Gasteiger partial charge is 0.489 e. The first-order valence-electron chi connectivity index (χ1n) is 11.9. The maximum Gasteiger partial charge on any atom is 0.342 e. The van der Waals surface area contributed by atoms with Gasteiger partial charge in [-0.25, -0.2) is 19.2 Å². The van der Waals surface area contributed by atoms with Crippen LogP contribution < -0.4 is 15.0 Å². The predicted molar refractivity (Wildman–Crippen MR) is 131 cm³/mol. The molecule has 2 aromatic heterocycles. The number of nitrogens with zero attached hydrogens (tertiary/aromatic N) is 4. The van der Waals surface area contributed by atoms with Crippen molar-refractivity contribution in [3.8, 4) is 11.6 Å². The van der Waals surface area contributed by atoms with Gasteiger partial charge in [0.2, 0.25) is 18.2 Å². The van der Waals surface area contributed by atoms with E-state index in [2.05, 4.69) is 4.98 Å². The van der Waals surface area contributed by atoms with E-state index in [-0.39, 0.29) is 17.7 Å². The standard InChI is InChI=1S/C26H30N5O6/c1-26(2,3)36-25(34)21(37-31-23(32)19-7-4-5-8-20(19)24(31)33)16-35-18-9-10-22(28-15-18)30-14-13-29(17-30)12-6-11-27/h4-5,7-10,13-15,17,21H,6,11-12,16,27H2,1-3H3/q+1. The van der Waals surface area contributed by atoms with Gasteiger partial charge in [-0.05, 0) is 51.9 Å². The fourth-order valence-electron chi connectivity index (χ4n) is 3.62. The summed E-state index contributed by atoms with van der Waals surface area (Å²) in [5, 5.41) is 0.579. The molecular weight excluding hydrogens is 478 g/mol. The zero-order valence-corrected chi connectivity index (χ0v) is 21.0. The van der Waals surface area contributed by atoms with Crippen molar-refractivity contribution in [2.45, 2.75) is 45.4 Å². The summed E-state index contributed by atoms with van der Waals surface area (Å²) in [6.45, 7) is 6.22. The lowest BCUT2D eigenvalue weighted by molar-refractivity contribution is -0.696. The number of esters is 1. The van der Waals surface area contributed by atoms with Crippen LogP contribution in [-0.4, -0.2) is 57.3 Å². The minimum absolute atomic E-state index is 0.200. The number of nitrogens with two attached hydrogens (primary N) is 1. The molecule has 0 aliphatic carbocycles. The maximum absolute atomic E-state index is 12.9. The van der Waals surface area contributed by atoms with Crippen molar-refractivity contribution >= 4 is 17.8 Å². The molecule has 4 rings (SSSR count). The molecule has 0 bridgehead atoms. The Bertz CT molecular complexity index is 1250. The van der Waals surface area contributed by atoms with Gasteiger partial charge in [0.25, 0.3) is 11.8 Å². The Morgan fingerprint density at radius 1 is 1.11 bits per heavy atom. The van der Waals surface area contributed by atoms with Crippen molar-refractivity contribution in [2.75, 3.05) is 13.2 Å². The number of carbonyl (C=O) groups is 3. The van der Waals surface area contributed by atoms with Crippen molar-refractivity contribution in [2.24, 2.45) is 5.73 Å². The number of fused-ring (bicyclic) bond motifs is 1. The number of hydrogen-bond donors (Lipinski definition) is 1. The Kier molecular flexibility index (Phi) is 7.65. The minimum atomic E-state index is -1.38. The molecule has 3 aromatic rings. The van der Waals surface area contributed by atoms with Crippen molar-refractivity contribution in [1.29, 1.82) is 0 Å². The summed E-state index contributed by atoms with van der Waals surface area (Å²) < 4.78 is 15.0. The number of hydroxylamine groups is 2. The Labute approximate surface area is 214 Å². The second kappa shape index (κ2) is 10.9. The molecule has 2 amide bonds. The third-order valence-corrected chi connectivity index (χ3v) is 5.36. The summed E-state index contributed by atoms with van der Waals surface area (Å²) >= 11 is 0. The minimum Gasteiger partial charge on any atom is -0.489 e. The quantitative estimate of drug-likeness (QED) is 0.249. The van der Waals surface area contributed by atoms with Gasteiger partial charge in [-0.15, -0.1) is 5.06 Å². The Morgan fingerprint density at radius 2 is 1.81 bits per heavy atom. The normalized spacial score (nSPS) is 14.0. The summed E-state index contributed by atoms with van der Waals surface area (Å²) in [6, 6.07) is 9.79. The summed E-state index contributed by atoms with van der Waals surface area (Å²) in [6.07, 6.45) is 6.72. The number of aromatic nitrogens is 3. The molecule has 3 heterocycles. The number of ether oxygens (including phenoxy) is 2. The first-order valence-corrected chi connectivity index (χ1v) is 11.9. The number of hydrogen-bond acceptors (Lipinski definition) is 8. The number of carbonyl (C=O) groups excluding carboxylic acids is 3. The van der Waals surface area contributed by atoms with Gasteiger partial charge in [0.05, 0.1) is 23.9 Å². The van der Waals surface area contributed by atoms with E-state index in [0.29, 0.717) is 23.2 Å².